The fraction of sp³-hybridized carbons (Fsp3) is 0.688. The third kappa shape index (κ3) is 35.6. The lowest BCUT2D eigenvalue weighted by atomic mass is 9.87. The number of rotatable bonds is 23. The van der Waals surface area contributed by atoms with Gasteiger partial charge in [-0.1, -0.05) is 103 Å². The summed E-state index contributed by atoms with van der Waals surface area (Å²) in [5.41, 5.74) is 1.64. The van der Waals surface area contributed by atoms with Crippen molar-refractivity contribution in [1.29, 1.82) is 0 Å². The van der Waals surface area contributed by atoms with Gasteiger partial charge in [-0.2, -0.15) is 0 Å². The second kappa shape index (κ2) is 39.3. The van der Waals surface area contributed by atoms with Gasteiger partial charge in [0.1, 0.15) is 0 Å². The Hall–Kier alpha value is -2.83. The van der Waals surface area contributed by atoms with E-state index in [2.05, 4.69) is 44.9 Å². The first-order valence-electron chi connectivity index (χ1n) is 21.7. The Balaban J connectivity index is 0. The summed E-state index contributed by atoms with van der Waals surface area (Å²) in [7, 11) is 0. The van der Waals surface area contributed by atoms with Crippen molar-refractivity contribution in [2.45, 2.75) is 140 Å². The lowest BCUT2D eigenvalue weighted by Crippen LogP contribution is -2.26. The molecule has 0 saturated carbocycles. The molecule has 2 aromatic carbocycles. The van der Waals surface area contributed by atoms with E-state index < -0.39 is 10.8 Å². The number of benzene rings is 2. The molecule has 10 nitrogen and oxygen atoms in total. The summed E-state index contributed by atoms with van der Waals surface area (Å²) in [5.74, 6) is -0.361. The van der Waals surface area contributed by atoms with Gasteiger partial charge in [0, 0.05) is 38.4 Å². The Morgan fingerprint density at radius 1 is 0.644 bits per heavy atom. The molecule has 0 aromatic heterocycles. The number of aliphatic hydroxyl groups excluding tert-OH is 1. The zero-order chi connectivity index (χ0) is 44.6. The Bertz CT molecular complexity index is 1240. The fourth-order valence-electron chi connectivity index (χ4n) is 4.95. The molecule has 3 rings (SSSR count). The largest absolute Gasteiger partial charge is 0.466 e. The highest BCUT2D eigenvalue weighted by Gasteiger charge is 2.29. The number of alkyl halides is 1. The molecule has 1 aliphatic rings. The van der Waals surface area contributed by atoms with Gasteiger partial charge >= 0.3 is 17.9 Å². The minimum Gasteiger partial charge on any atom is -0.466 e. The molecule has 0 aliphatic carbocycles. The number of ether oxygens (including phenoxy) is 6. The molecule has 340 valence electrons. The molecule has 0 radical (unpaired) electrons. The molecule has 1 fully saturated rings. The van der Waals surface area contributed by atoms with Crippen molar-refractivity contribution in [2.24, 2.45) is 16.7 Å². The first-order valence-corrected chi connectivity index (χ1v) is 22.8. The average molecular weight is 898 g/mol. The highest BCUT2D eigenvalue weighted by Crippen LogP contribution is 2.26. The second-order valence-electron chi connectivity index (χ2n) is 15.5. The number of unbranched alkanes of at least 4 members (excludes halogenated alkanes) is 3. The number of hydrogen-bond donors (Lipinski definition) is 1. The Labute approximate surface area is 366 Å². The second-order valence-corrected chi connectivity index (χ2v) is 16.3. The van der Waals surface area contributed by atoms with Crippen molar-refractivity contribution in [3.05, 3.63) is 71.8 Å². The predicted molar refractivity (Wildman–Crippen MR) is 242 cm³/mol. The third-order valence-corrected chi connectivity index (χ3v) is 9.25. The highest BCUT2D eigenvalue weighted by molar-refractivity contribution is 9.09. The Morgan fingerprint density at radius 3 is 1.37 bits per heavy atom. The van der Waals surface area contributed by atoms with Crippen molar-refractivity contribution in [2.75, 3.05) is 58.2 Å². The summed E-state index contributed by atoms with van der Waals surface area (Å²) in [6.07, 6.45) is 10.0. The van der Waals surface area contributed by atoms with Crippen LogP contribution in [0.2, 0.25) is 0 Å². The maximum Gasteiger partial charge on any atom is 0.311 e. The van der Waals surface area contributed by atoms with Crippen molar-refractivity contribution in [3.8, 4) is 0 Å². The summed E-state index contributed by atoms with van der Waals surface area (Å²) in [5, 5.41) is 9.66. The lowest BCUT2D eigenvalue weighted by molar-refractivity contribution is -0.154. The highest BCUT2D eigenvalue weighted by atomic mass is 79.9. The molecular formula is C48H81BrO10. The monoisotopic (exact) mass is 897 g/mol. The number of carbonyl (C=O) groups is 3. The van der Waals surface area contributed by atoms with Gasteiger partial charge in [0.25, 0.3) is 0 Å². The molecule has 0 unspecified atom stereocenters. The predicted octanol–water partition coefficient (Wildman–Crippen LogP) is 11.1. The van der Waals surface area contributed by atoms with E-state index >= 15 is 0 Å². The maximum absolute atomic E-state index is 11.7. The van der Waals surface area contributed by atoms with Crippen LogP contribution in [0.25, 0.3) is 0 Å². The topological polar surface area (TPSA) is 127 Å². The number of hydrogen-bond acceptors (Lipinski definition) is 10. The fourth-order valence-corrected chi connectivity index (χ4v) is 5.35. The molecule has 0 atom stereocenters. The number of carbonyl (C=O) groups excluding carboxylic acids is 3. The van der Waals surface area contributed by atoms with E-state index in [0.717, 1.165) is 83.3 Å². The molecule has 2 aromatic rings. The molecule has 1 aliphatic heterocycles. The zero-order valence-corrected chi connectivity index (χ0v) is 39.8. The Morgan fingerprint density at radius 2 is 1.05 bits per heavy atom. The van der Waals surface area contributed by atoms with Gasteiger partial charge in [-0.05, 0) is 111 Å². The molecule has 1 N–H and O–H groups in total. The smallest absolute Gasteiger partial charge is 0.311 e. The quantitative estimate of drug-likeness (QED) is 0.0498. The number of aliphatic hydroxyl groups is 1. The van der Waals surface area contributed by atoms with Crippen LogP contribution in [-0.2, 0) is 56.0 Å². The van der Waals surface area contributed by atoms with Crippen LogP contribution in [0.15, 0.2) is 60.7 Å². The standard InChI is InChI=1S/C17H26O3.C11H15BrO.C10H20O3.C6H12O2.C4H8O/c1-4-20-16(18)17(2,3)12-8-9-13-19-14-15-10-6-5-7-11-15;12-8-4-5-9-13-10-11-6-2-1-3-7-11;1-4-13-9(12)10(2,3)7-5-6-8-11;1-4-8-6(7)5(2)3;1-2-4-5-3-1/h5-7,10-11H,4,8-9,12-14H2,1-3H3;1-3,6-7H,4-5,8-10H2;11H,4-8H2,1-3H3;5H,4H2,1-3H3;1-4H2. The molecule has 0 spiro atoms. The van der Waals surface area contributed by atoms with Crippen molar-refractivity contribution >= 4 is 33.8 Å². The van der Waals surface area contributed by atoms with Gasteiger partial charge < -0.3 is 33.5 Å². The maximum atomic E-state index is 11.7. The van der Waals surface area contributed by atoms with Crippen LogP contribution in [0, 0.1) is 16.7 Å². The first kappa shape index (κ1) is 58.3. The van der Waals surface area contributed by atoms with Gasteiger partial charge in [0.2, 0.25) is 0 Å². The number of esters is 3. The van der Waals surface area contributed by atoms with Crippen molar-refractivity contribution < 1.29 is 47.9 Å². The molecular weight excluding hydrogens is 816 g/mol. The van der Waals surface area contributed by atoms with Crippen LogP contribution < -0.4 is 0 Å². The van der Waals surface area contributed by atoms with E-state index in [0.29, 0.717) is 26.4 Å². The molecule has 1 heterocycles. The lowest BCUT2D eigenvalue weighted by Gasteiger charge is -2.21. The van der Waals surface area contributed by atoms with E-state index in [4.69, 9.17) is 28.8 Å². The third-order valence-electron chi connectivity index (χ3n) is 8.69. The van der Waals surface area contributed by atoms with E-state index in [1.165, 1.54) is 30.4 Å². The molecule has 11 heteroatoms. The van der Waals surface area contributed by atoms with Crippen molar-refractivity contribution in [3.63, 3.8) is 0 Å². The Kier molecular flexibility index (Phi) is 38.8. The first-order chi connectivity index (χ1) is 28.2. The van der Waals surface area contributed by atoms with Crippen molar-refractivity contribution in [1.82, 2.24) is 0 Å². The van der Waals surface area contributed by atoms with Gasteiger partial charge in [0.15, 0.2) is 0 Å². The van der Waals surface area contributed by atoms with E-state index in [1.807, 2.05) is 91.8 Å². The van der Waals surface area contributed by atoms with Crippen LogP contribution in [0.4, 0.5) is 0 Å². The summed E-state index contributed by atoms with van der Waals surface area (Å²) in [6.45, 7) is 23.3. The summed E-state index contributed by atoms with van der Waals surface area (Å²) in [6, 6.07) is 20.4. The SMILES string of the molecule is BrCCCCOCc1ccccc1.C1CCOC1.CCOC(=O)C(C)(C)CCCCO.CCOC(=O)C(C)(C)CCCCOCc1ccccc1.CCOC(=O)C(C)C. The normalized spacial score (nSPS) is 11.9. The molecule has 0 amide bonds. The van der Waals surface area contributed by atoms with Crippen LogP contribution in [-0.4, -0.2) is 81.2 Å². The van der Waals surface area contributed by atoms with Crippen LogP contribution in [0.1, 0.15) is 138 Å². The van der Waals surface area contributed by atoms with E-state index in [9.17, 15) is 14.4 Å². The number of halogens is 1. The van der Waals surface area contributed by atoms with E-state index in [1.54, 1.807) is 6.92 Å². The van der Waals surface area contributed by atoms with Gasteiger partial charge in [0.05, 0.1) is 49.8 Å². The zero-order valence-electron chi connectivity index (χ0n) is 38.2. The van der Waals surface area contributed by atoms with Crippen LogP contribution in [0.5, 0.6) is 0 Å². The van der Waals surface area contributed by atoms with Gasteiger partial charge in [-0.25, -0.2) is 0 Å². The minimum atomic E-state index is -0.412. The molecule has 59 heavy (non-hydrogen) atoms. The summed E-state index contributed by atoms with van der Waals surface area (Å²) < 4.78 is 30.7. The van der Waals surface area contributed by atoms with Gasteiger partial charge in [-0.15, -0.1) is 0 Å². The van der Waals surface area contributed by atoms with Crippen LogP contribution >= 0.6 is 15.9 Å². The van der Waals surface area contributed by atoms with Gasteiger partial charge in [-0.3, -0.25) is 14.4 Å². The molecule has 0 bridgehead atoms. The minimum absolute atomic E-state index is 0.00921. The summed E-state index contributed by atoms with van der Waals surface area (Å²) in [4.78, 5) is 33.6. The van der Waals surface area contributed by atoms with E-state index in [-0.39, 0.29) is 30.4 Å². The van der Waals surface area contributed by atoms with Crippen LogP contribution in [0.3, 0.4) is 0 Å². The summed E-state index contributed by atoms with van der Waals surface area (Å²) >= 11 is 3.39. The average Bonchev–Trinajstić information content (AvgIpc) is 3.82. The molecule has 1 saturated heterocycles.